The van der Waals surface area contributed by atoms with E-state index in [1.807, 2.05) is 18.2 Å². The summed E-state index contributed by atoms with van der Waals surface area (Å²) in [4.78, 5) is 11.3. The molecule has 1 N–H and O–H groups in total. The van der Waals surface area contributed by atoms with E-state index in [1.54, 1.807) is 0 Å². The molecule has 98 valence electrons. The molecule has 3 nitrogen and oxygen atoms in total. The Hall–Kier alpha value is -1.29. The van der Waals surface area contributed by atoms with Crippen molar-refractivity contribution in [2.45, 2.75) is 45.3 Å². The number of carbonyl (C=O) groups excluding carboxylic acids is 1. The normalized spacial score (nSPS) is 15.3. The van der Waals surface area contributed by atoms with Crippen LogP contribution in [0.15, 0.2) is 18.2 Å². The average Bonchev–Trinajstić information content (AvgIpc) is 2.54. The van der Waals surface area contributed by atoms with Crippen LogP contribution in [0.5, 0.6) is 5.75 Å². The molecular formula is C14H21NO2Si. The van der Waals surface area contributed by atoms with Gasteiger partial charge in [0.25, 0.3) is 0 Å². The standard InChI is InChI=1S/C14H21NO2Si/c1-14(2,3)18(4,5)17-11-6-7-12-10(8-11)9-13(16)15-12/h6-8H,9H2,1-5H3,(H,15,16). The summed E-state index contributed by atoms with van der Waals surface area (Å²) in [5, 5.41) is 3.02. The number of anilines is 1. The molecule has 0 unspecified atom stereocenters. The van der Waals surface area contributed by atoms with Crippen molar-refractivity contribution >= 4 is 19.9 Å². The molecule has 1 aromatic rings. The Labute approximate surface area is 110 Å². The van der Waals surface area contributed by atoms with Gasteiger partial charge in [-0.2, -0.15) is 0 Å². The van der Waals surface area contributed by atoms with Gasteiger partial charge in [-0.25, -0.2) is 0 Å². The van der Waals surface area contributed by atoms with Gasteiger partial charge in [-0.15, -0.1) is 0 Å². The van der Waals surface area contributed by atoms with E-state index >= 15 is 0 Å². The van der Waals surface area contributed by atoms with Crippen LogP contribution >= 0.6 is 0 Å². The first-order valence-electron chi connectivity index (χ1n) is 6.31. The quantitative estimate of drug-likeness (QED) is 0.828. The first kappa shape index (κ1) is 13.1. The first-order chi connectivity index (χ1) is 8.19. The molecule has 0 saturated carbocycles. The summed E-state index contributed by atoms with van der Waals surface area (Å²) in [6.07, 6.45) is 0.462. The molecule has 0 atom stereocenters. The van der Waals surface area contributed by atoms with Crippen LogP contribution in [0.3, 0.4) is 0 Å². The highest BCUT2D eigenvalue weighted by molar-refractivity contribution is 6.74. The van der Waals surface area contributed by atoms with Crippen LogP contribution in [0.1, 0.15) is 26.3 Å². The van der Waals surface area contributed by atoms with Gasteiger partial charge < -0.3 is 9.74 Å². The van der Waals surface area contributed by atoms with E-state index in [9.17, 15) is 4.79 Å². The molecule has 1 aromatic carbocycles. The predicted molar refractivity (Wildman–Crippen MR) is 76.6 cm³/mol. The Morgan fingerprint density at radius 1 is 1.28 bits per heavy atom. The molecule has 1 aliphatic rings. The van der Waals surface area contributed by atoms with E-state index in [0.717, 1.165) is 17.0 Å². The zero-order valence-corrected chi connectivity index (χ0v) is 12.8. The highest BCUT2D eigenvalue weighted by Crippen LogP contribution is 2.38. The van der Waals surface area contributed by atoms with E-state index in [1.165, 1.54) is 0 Å². The van der Waals surface area contributed by atoms with Crippen molar-refractivity contribution in [1.82, 2.24) is 0 Å². The monoisotopic (exact) mass is 263 g/mol. The summed E-state index contributed by atoms with van der Waals surface area (Å²) < 4.78 is 6.23. The smallest absolute Gasteiger partial charge is 0.250 e. The minimum atomic E-state index is -1.80. The lowest BCUT2D eigenvalue weighted by Gasteiger charge is -2.36. The number of hydrogen-bond acceptors (Lipinski definition) is 2. The zero-order valence-electron chi connectivity index (χ0n) is 11.8. The molecule has 0 aromatic heterocycles. The molecule has 0 radical (unpaired) electrons. The molecular weight excluding hydrogens is 242 g/mol. The van der Waals surface area contributed by atoms with E-state index in [-0.39, 0.29) is 10.9 Å². The minimum absolute atomic E-state index is 0.0643. The molecule has 18 heavy (non-hydrogen) atoms. The third-order valence-corrected chi connectivity index (χ3v) is 8.24. The van der Waals surface area contributed by atoms with Gasteiger partial charge in [0.05, 0.1) is 6.42 Å². The second-order valence-electron chi connectivity index (χ2n) is 6.41. The van der Waals surface area contributed by atoms with Crippen molar-refractivity contribution in [2.75, 3.05) is 5.32 Å². The van der Waals surface area contributed by atoms with Crippen molar-refractivity contribution in [3.05, 3.63) is 23.8 Å². The molecule has 0 fully saturated rings. The highest BCUT2D eigenvalue weighted by atomic mass is 28.4. The second kappa shape index (κ2) is 4.12. The average molecular weight is 263 g/mol. The Bertz CT molecular complexity index is 489. The lowest BCUT2D eigenvalue weighted by atomic mass is 10.1. The van der Waals surface area contributed by atoms with E-state index in [0.29, 0.717) is 6.42 Å². The molecule has 0 aliphatic carbocycles. The van der Waals surface area contributed by atoms with Crippen LogP contribution in [0.25, 0.3) is 0 Å². The number of hydrogen-bond donors (Lipinski definition) is 1. The summed E-state index contributed by atoms with van der Waals surface area (Å²) >= 11 is 0. The van der Waals surface area contributed by atoms with Crippen LogP contribution < -0.4 is 9.74 Å². The van der Waals surface area contributed by atoms with Gasteiger partial charge >= 0.3 is 0 Å². The summed E-state index contributed by atoms with van der Waals surface area (Å²) in [5.41, 5.74) is 1.96. The number of nitrogens with one attached hydrogen (secondary N) is 1. The van der Waals surface area contributed by atoms with E-state index in [2.05, 4.69) is 39.2 Å². The van der Waals surface area contributed by atoms with E-state index in [4.69, 9.17) is 4.43 Å². The first-order valence-corrected chi connectivity index (χ1v) is 9.22. The Morgan fingerprint density at radius 3 is 2.56 bits per heavy atom. The maximum atomic E-state index is 11.3. The van der Waals surface area contributed by atoms with Crippen LogP contribution in [0, 0.1) is 0 Å². The van der Waals surface area contributed by atoms with Gasteiger partial charge in [-0.05, 0) is 41.9 Å². The molecule has 1 amide bonds. The summed E-state index contributed by atoms with van der Waals surface area (Å²) in [6.45, 7) is 11.1. The minimum Gasteiger partial charge on any atom is -0.543 e. The lowest BCUT2D eigenvalue weighted by molar-refractivity contribution is -0.115. The van der Waals surface area contributed by atoms with Crippen molar-refractivity contribution in [3.63, 3.8) is 0 Å². The molecule has 0 saturated heterocycles. The number of amides is 1. The van der Waals surface area contributed by atoms with Crippen molar-refractivity contribution in [1.29, 1.82) is 0 Å². The highest BCUT2D eigenvalue weighted by Gasteiger charge is 2.39. The SMILES string of the molecule is CC(C)(C)[Si](C)(C)Oc1ccc2c(c1)CC(=O)N2. The summed E-state index contributed by atoms with van der Waals surface area (Å²) in [6, 6.07) is 5.88. The maximum Gasteiger partial charge on any atom is 0.250 e. The number of rotatable bonds is 2. The van der Waals surface area contributed by atoms with Crippen LogP contribution in [-0.2, 0) is 11.2 Å². The molecule has 1 aliphatic heterocycles. The fourth-order valence-corrected chi connectivity index (χ4v) is 2.74. The fourth-order valence-electron chi connectivity index (χ4n) is 1.72. The molecule has 4 heteroatoms. The maximum absolute atomic E-state index is 11.3. The van der Waals surface area contributed by atoms with Crippen molar-refractivity contribution in [2.24, 2.45) is 0 Å². The predicted octanol–water partition coefficient (Wildman–Crippen LogP) is 3.57. The summed E-state index contributed by atoms with van der Waals surface area (Å²) in [7, 11) is -1.80. The van der Waals surface area contributed by atoms with E-state index < -0.39 is 8.32 Å². The van der Waals surface area contributed by atoms with Gasteiger partial charge in [0, 0.05) is 5.69 Å². The number of carbonyl (C=O) groups is 1. The van der Waals surface area contributed by atoms with Gasteiger partial charge in [-0.1, -0.05) is 20.8 Å². The zero-order chi connectivity index (χ0) is 13.6. The third-order valence-electron chi connectivity index (χ3n) is 3.88. The molecule has 2 rings (SSSR count). The molecule has 0 bridgehead atoms. The van der Waals surface area contributed by atoms with Gasteiger partial charge in [0.2, 0.25) is 14.2 Å². The Balaban J connectivity index is 2.22. The molecule has 0 spiro atoms. The second-order valence-corrected chi connectivity index (χ2v) is 11.1. The Morgan fingerprint density at radius 2 is 1.94 bits per heavy atom. The van der Waals surface area contributed by atoms with Gasteiger partial charge in [0.1, 0.15) is 5.75 Å². The van der Waals surface area contributed by atoms with Crippen molar-refractivity contribution < 1.29 is 9.22 Å². The number of fused-ring (bicyclic) bond motifs is 1. The van der Waals surface area contributed by atoms with Crippen molar-refractivity contribution in [3.8, 4) is 5.75 Å². The summed E-state index contributed by atoms with van der Waals surface area (Å²) in [5.74, 6) is 0.950. The lowest BCUT2D eigenvalue weighted by Crippen LogP contribution is -2.43. The van der Waals surface area contributed by atoms with Gasteiger partial charge in [0.15, 0.2) is 0 Å². The van der Waals surface area contributed by atoms with Crippen LogP contribution in [0.4, 0.5) is 5.69 Å². The topological polar surface area (TPSA) is 38.3 Å². The third kappa shape index (κ3) is 2.43. The van der Waals surface area contributed by atoms with Crippen LogP contribution in [0.2, 0.25) is 18.1 Å². The fraction of sp³-hybridized carbons (Fsp3) is 0.500. The van der Waals surface area contributed by atoms with Gasteiger partial charge in [-0.3, -0.25) is 4.79 Å². The number of benzene rings is 1. The largest absolute Gasteiger partial charge is 0.543 e. The van der Waals surface area contributed by atoms with Crippen LogP contribution in [-0.4, -0.2) is 14.2 Å². The Kier molecular flexibility index (Phi) is 3.01. The molecule has 1 heterocycles.